The van der Waals surface area contributed by atoms with Crippen LogP contribution >= 0.6 is 11.3 Å². The van der Waals surface area contributed by atoms with Crippen molar-refractivity contribution >= 4 is 22.9 Å². The molecule has 0 atom stereocenters. The molecular formula is C32H45N2O2S+. The zero-order chi connectivity index (χ0) is 26.1. The summed E-state index contributed by atoms with van der Waals surface area (Å²) in [6, 6.07) is 15.5. The Morgan fingerprint density at radius 2 is 1.41 bits per heavy atom. The maximum absolute atomic E-state index is 12.6. The summed E-state index contributed by atoms with van der Waals surface area (Å²) in [5.74, 6) is 0.716. The zero-order valence-corrected chi connectivity index (χ0v) is 23.7. The molecule has 0 unspecified atom stereocenters. The van der Waals surface area contributed by atoms with Crippen LogP contribution in [0.4, 0.5) is 5.69 Å². The number of amides is 1. The molecule has 0 aliphatic rings. The topological polar surface area (TPSA) is 42.2 Å². The summed E-state index contributed by atoms with van der Waals surface area (Å²) < 4.78 is 8.06. The summed E-state index contributed by atoms with van der Waals surface area (Å²) in [5, 5.41) is 2.98. The number of aryl methyl sites for hydroxylation is 1. The van der Waals surface area contributed by atoms with Gasteiger partial charge in [-0.3, -0.25) is 4.79 Å². The minimum Gasteiger partial charge on any atom is -0.494 e. The van der Waals surface area contributed by atoms with Gasteiger partial charge in [0, 0.05) is 16.8 Å². The molecule has 2 aromatic carbocycles. The fourth-order valence-electron chi connectivity index (χ4n) is 4.47. The molecule has 1 aromatic heterocycles. The predicted octanol–water partition coefficient (Wildman–Crippen LogP) is 8.72. The average molecular weight is 522 g/mol. The first kappa shape index (κ1) is 28.9. The first-order valence-corrected chi connectivity index (χ1v) is 15.1. The van der Waals surface area contributed by atoms with Crippen LogP contribution in [0.5, 0.6) is 5.75 Å². The maximum Gasteiger partial charge on any atom is 0.255 e. The highest BCUT2D eigenvalue weighted by Crippen LogP contribution is 2.17. The minimum atomic E-state index is -0.108. The summed E-state index contributed by atoms with van der Waals surface area (Å²) >= 11 is 1.74. The number of thiazole rings is 1. The SMILES string of the molecule is CCCCCCCCCCCCCCOc1ccc(C(=O)Nc2ccc(C[n+]3csc(C)c3)cc2)cc1. The molecule has 0 aliphatic carbocycles. The highest BCUT2D eigenvalue weighted by atomic mass is 32.1. The number of carbonyl (C=O) groups excluding carboxylic acids is 1. The van der Waals surface area contributed by atoms with Gasteiger partial charge in [0.15, 0.2) is 12.7 Å². The Kier molecular flexibility index (Phi) is 13.3. The molecule has 0 spiro atoms. The summed E-state index contributed by atoms with van der Waals surface area (Å²) in [6.07, 6.45) is 18.2. The van der Waals surface area contributed by atoms with E-state index >= 15 is 0 Å². The molecular weight excluding hydrogens is 476 g/mol. The monoisotopic (exact) mass is 521 g/mol. The van der Waals surface area contributed by atoms with Gasteiger partial charge in [-0.2, -0.15) is 4.57 Å². The van der Waals surface area contributed by atoms with Crippen LogP contribution in [0.1, 0.15) is 105 Å². The molecule has 0 aliphatic heterocycles. The standard InChI is InChI=1S/C32H44N2O2S/c1-3-4-5-6-7-8-9-10-11-12-13-14-23-36-31-21-17-29(18-22-31)32(35)33-30-19-15-28(16-20-30)25-34-24-27(2)37-26-34/h15-22,24,26H,3-14,23,25H2,1-2H3/p+1. The Bertz CT molecular complexity index is 1030. The molecule has 1 amide bonds. The lowest BCUT2D eigenvalue weighted by Gasteiger charge is -2.08. The van der Waals surface area contributed by atoms with E-state index in [1.807, 2.05) is 36.4 Å². The highest BCUT2D eigenvalue weighted by Gasteiger charge is 2.08. The molecule has 0 saturated carbocycles. The Balaban J connectivity index is 1.26. The Morgan fingerprint density at radius 3 is 1.97 bits per heavy atom. The Labute approximate surface area is 228 Å². The number of rotatable bonds is 18. The van der Waals surface area contributed by atoms with E-state index in [1.54, 1.807) is 11.3 Å². The van der Waals surface area contributed by atoms with E-state index in [2.05, 4.69) is 47.6 Å². The number of nitrogens with zero attached hydrogens (tertiary/aromatic N) is 1. The third-order valence-corrected chi connectivity index (χ3v) is 7.54. The van der Waals surface area contributed by atoms with Crippen molar-refractivity contribution in [3.63, 3.8) is 0 Å². The normalized spacial score (nSPS) is 11.0. The molecule has 3 aromatic rings. The fraction of sp³-hybridized carbons (Fsp3) is 0.500. The van der Waals surface area contributed by atoms with Gasteiger partial charge in [0.25, 0.3) is 5.91 Å². The van der Waals surface area contributed by atoms with E-state index < -0.39 is 0 Å². The summed E-state index contributed by atoms with van der Waals surface area (Å²) in [7, 11) is 0. The van der Waals surface area contributed by atoms with Crippen molar-refractivity contribution in [2.24, 2.45) is 0 Å². The third-order valence-electron chi connectivity index (χ3n) is 6.68. The Hall–Kier alpha value is -2.66. The molecule has 0 saturated heterocycles. The van der Waals surface area contributed by atoms with Gasteiger partial charge in [0.2, 0.25) is 5.51 Å². The van der Waals surface area contributed by atoms with E-state index in [-0.39, 0.29) is 5.91 Å². The van der Waals surface area contributed by atoms with Crippen molar-refractivity contribution in [1.82, 2.24) is 0 Å². The second kappa shape index (κ2) is 17.0. The molecule has 200 valence electrons. The second-order valence-corrected chi connectivity index (χ2v) is 11.1. The van der Waals surface area contributed by atoms with Crippen LogP contribution in [0.2, 0.25) is 0 Å². The van der Waals surface area contributed by atoms with Crippen molar-refractivity contribution in [2.75, 3.05) is 11.9 Å². The average Bonchev–Trinajstić information content (AvgIpc) is 3.32. The lowest BCUT2D eigenvalue weighted by molar-refractivity contribution is -0.683. The molecule has 1 N–H and O–H groups in total. The first-order chi connectivity index (χ1) is 18.1. The number of nitrogens with one attached hydrogen (secondary N) is 1. The molecule has 5 heteroatoms. The summed E-state index contributed by atoms with van der Waals surface area (Å²) in [4.78, 5) is 13.9. The number of hydrogen-bond acceptors (Lipinski definition) is 3. The van der Waals surface area contributed by atoms with Crippen LogP contribution in [-0.2, 0) is 6.54 Å². The molecule has 0 radical (unpaired) electrons. The van der Waals surface area contributed by atoms with E-state index in [4.69, 9.17) is 4.74 Å². The molecule has 3 rings (SSSR count). The highest BCUT2D eigenvalue weighted by molar-refractivity contribution is 7.09. The quantitative estimate of drug-likeness (QED) is 0.134. The summed E-state index contributed by atoms with van der Waals surface area (Å²) in [6.45, 7) is 5.95. The van der Waals surface area contributed by atoms with Crippen molar-refractivity contribution in [3.05, 3.63) is 76.2 Å². The van der Waals surface area contributed by atoms with E-state index in [0.717, 1.165) is 31.0 Å². The van der Waals surface area contributed by atoms with Gasteiger partial charge < -0.3 is 10.1 Å². The van der Waals surface area contributed by atoms with Crippen molar-refractivity contribution < 1.29 is 14.1 Å². The first-order valence-electron chi connectivity index (χ1n) is 14.2. The number of carbonyl (C=O) groups is 1. The smallest absolute Gasteiger partial charge is 0.255 e. The van der Waals surface area contributed by atoms with Gasteiger partial charge in [-0.15, -0.1) is 0 Å². The van der Waals surface area contributed by atoms with Crippen molar-refractivity contribution in [2.45, 2.75) is 97.4 Å². The minimum absolute atomic E-state index is 0.108. The number of ether oxygens (including phenoxy) is 1. The second-order valence-electron chi connectivity index (χ2n) is 10.0. The van der Waals surface area contributed by atoms with Gasteiger partial charge in [-0.1, -0.05) is 101 Å². The number of hydrogen-bond donors (Lipinski definition) is 1. The van der Waals surface area contributed by atoms with E-state index in [1.165, 1.54) is 81.1 Å². The molecule has 1 heterocycles. The van der Waals surface area contributed by atoms with Gasteiger partial charge in [-0.25, -0.2) is 0 Å². The van der Waals surface area contributed by atoms with E-state index in [9.17, 15) is 4.79 Å². The summed E-state index contributed by atoms with van der Waals surface area (Å²) in [5.41, 5.74) is 4.76. The van der Waals surface area contributed by atoms with Gasteiger partial charge in [0.1, 0.15) is 5.75 Å². The zero-order valence-electron chi connectivity index (χ0n) is 22.8. The van der Waals surface area contributed by atoms with Gasteiger partial charge in [-0.05, 0) is 49.7 Å². The third kappa shape index (κ3) is 11.5. The van der Waals surface area contributed by atoms with Crippen LogP contribution < -0.4 is 14.6 Å². The number of anilines is 1. The van der Waals surface area contributed by atoms with Crippen LogP contribution in [0, 0.1) is 6.92 Å². The largest absolute Gasteiger partial charge is 0.494 e. The van der Waals surface area contributed by atoms with Crippen molar-refractivity contribution in [1.29, 1.82) is 0 Å². The van der Waals surface area contributed by atoms with Crippen LogP contribution in [0.3, 0.4) is 0 Å². The van der Waals surface area contributed by atoms with Gasteiger partial charge >= 0.3 is 0 Å². The molecule has 4 nitrogen and oxygen atoms in total. The predicted molar refractivity (Wildman–Crippen MR) is 156 cm³/mol. The van der Waals surface area contributed by atoms with Crippen LogP contribution in [0.15, 0.2) is 60.2 Å². The van der Waals surface area contributed by atoms with E-state index in [0.29, 0.717) is 5.56 Å². The maximum atomic E-state index is 12.6. The lowest BCUT2D eigenvalue weighted by Crippen LogP contribution is -2.30. The molecule has 37 heavy (non-hydrogen) atoms. The molecule has 0 fully saturated rings. The lowest BCUT2D eigenvalue weighted by atomic mass is 10.1. The fourth-order valence-corrected chi connectivity index (χ4v) is 5.10. The van der Waals surface area contributed by atoms with Crippen LogP contribution in [0.25, 0.3) is 0 Å². The number of unbranched alkanes of at least 4 members (excludes halogenated alkanes) is 11. The number of aromatic nitrogens is 1. The van der Waals surface area contributed by atoms with Crippen molar-refractivity contribution in [3.8, 4) is 5.75 Å². The van der Waals surface area contributed by atoms with Crippen LogP contribution in [-0.4, -0.2) is 12.5 Å². The molecule has 0 bridgehead atoms. The Morgan fingerprint density at radius 1 is 0.811 bits per heavy atom. The number of benzene rings is 2. The van der Waals surface area contributed by atoms with Gasteiger partial charge in [0.05, 0.1) is 11.5 Å².